The fourth-order valence-corrected chi connectivity index (χ4v) is 1.54. The van der Waals surface area contributed by atoms with Gasteiger partial charge in [-0.1, -0.05) is 12.8 Å². The topological polar surface area (TPSA) is 12.0 Å². The minimum atomic E-state index is 0.868. The van der Waals surface area contributed by atoms with Crippen molar-refractivity contribution in [3.8, 4) is 0 Å². The lowest BCUT2D eigenvalue weighted by molar-refractivity contribution is 0.543. The highest BCUT2D eigenvalue weighted by Crippen LogP contribution is 2.23. The van der Waals surface area contributed by atoms with Crippen LogP contribution in [0.1, 0.15) is 25.7 Å². The highest BCUT2D eigenvalue weighted by atomic mass is 35.5. The molecule has 48 valence electrons. The molecule has 0 aliphatic heterocycles. The molecule has 1 rings (SSSR count). The van der Waals surface area contributed by atoms with Crippen LogP contribution in [-0.4, -0.2) is 6.54 Å². The van der Waals surface area contributed by atoms with Crippen molar-refractivity contribution in [2.24, 2.45) is 5.92 Å². The van der Waals surface area contributed by atoms with E-state index in [9.17, 15) is 0 Å². The van der Waals surface area contributed by atoms with E-state index in [0.29, 0.717) is 0 Å². The van der Waals surface area contributed by atoms with Crippen molar-refractivity contribution in [3.63, 3.8) is 0 Å². The Morgan fingerprint density at radius 1 is 1.38 bits per heavy atom. The molecule has 0 radical (unpaired) electrons. The standard InChI is InChI=1S/C6H12ClN/c7-8-5-6-3-1-2-4-6/h6,8H,1-5H2. The van der Waals surface area contributed by atoms with Gasteiger partial charge in [-0.25, -0.2) is 4.84 Å². The van der Waals surface area contributed by atoms with Crippen LogP contribution >= 0.6 is 11.8 Å². The van der Waals surface area contributed by atoms with Gasteiger partial charge in [0.25, 0.3) is 0 Å². The smallest absolute Gasteiger partial charge is 0.0136 e. The maximum absolute atomic E-state index is 5.33. The SMILES string of the molecule is ClNCC1CCCC1. The van der Waals surface area contributed by atoms with Crippen LogP contribution in [-0.2, 0) is 0 Å². The number of hydrogen-bond acceptors (Lipinski definition) is 1. The van der Waals surface area contributed by atoms with Gasteiger partial charge >= 0.3 is 0 Å². The highest BCUT2D eigenvalue weighted by Gasteiger charge is 2.13. The summed E-state index contributed by atoms with van der Waals surface area (Å²) in [6, 6.07) is 0. The maximum Gasteiger partial charge on any atom is 0.0136 e. The van der Waals surface area contributed by atoms with E-state index in [4.69, 9.17) is 11.8 Å². The van der Waals surface area contributed by atoms with E-state index in [2.05, 4.69) is 4.84 Å². The van der Waals surface area contributed by atoms with Gasteiger partial charge in [-0.15, -0.1) is 0 Å². The highest BCUT2D eigenvalue weighted by molar-refractivity contribution is 6.13. The molecular weight excluding hydrogens is 122 g/mol. The first kappa shape index (κ1) is 6.37. The third-order valence-corrected chi connectivity index (χ3v) is 1.99. The summed E-state index contributed by atoms with van der Waals surface area (Å²) in [6.45, 7) is 1.00. The van der Waals surface area contributed by atoms with Crippen LogP contribution in [0.4, 0.5) is 0 Å². The lowest BCUT2D eigenvalue weighted by atomic mass is 10.1. The molecule has 0 spiro atoms. The summed E-state index contributed by atoms with van der Waals surface area (Å²) in [4.78, 5) is 2.68. The Labute approximate surface area is 55.5 Å². The third-order valence-electron chi connectivity index (χ3n) is 1.84. The van der Waals surface area contributed by atoms with Crippen LogP contribution in [0.25, 0.3) is 0 Å². The summed E-state index contributed by atoms with van der Waals surface area (Å²) in [7, 11) is 0. The van der Waals surface area contributed by atoms with Gasteiger partial charge in [0.1, 0.15) is 0 Å². The van der Waals surface area contributed by atoms with Crippen LogP contribution < -0.4 is 4.84 Å². The van der Waals surface area contributed by atoms with Crippen molar-refractivity contribution in [3.05, 3.63) is 0 Å². The molecule has 0 aromatic rings. The molecule has 1 N–H and O–H groups in total. The van der Waals surface area contributed by atoms with Crippen LogP contribution in [0.2, 0.25) is 0 Å². The Morgan fingerprint density at radius 3 is 2.50 bits per heavy atom. The van der Waals surface area contributed by atoms with Crippen molar-refractivity contribution in [1.82, 2.24) is 4.84 Å². The predicted molar refractivity (Wildman–Crippen MR) is 35.8 cm³/mol. The molecule has 0 amide bonds. The second kappa shape index (κ2) is 3.31. The summed E-state index contributed by atoms with van der Waals surface area (Å²) >= 11 is 5.33. The molecule has 1 saturated carbocycles. The van der Waals surface area contributed by atoms with E-state index in [-0.39, 0.29) is 0 Å². The number of nitrogens with one attached hydrogen (secondary N) is 1. The summed E-state index contributed by atoms with van der Waals surface area (Å²) in [5.74, 6) is 0.868. The molecule has 1 aliphatic rings. The normalized spacial score (nSPS) is 22.1. The molecule has 0 atom stereocenters. The van der Waals surface area contributed by atoms with E-state index in [1.165, 1.54) is 25.7 Å². The molecule has 1 aliphatic carbocycles. The van der Waals surface area contributed by atoms with E-state index in [1.54, 1.807) is 0 Å². The van der Waals surface area contributed by atoms with E-state index >= 15 is 0 Å². The van der Waals surface area contributed by atoms with E-state index in [1.807, 2.05) is 0 Å². The zero-order valence-corrected chi connectivity index (χ0v) is 5.75. The van der Waals surface area contributed by atoms with Crippen molar-refractivity contribution >= 4 is 11.8 Å². The van der Waals surface area contributed by atoms with Crippen LogP contribution in [0.5, 0.6) is 0 Å². The first-order valence-electron chi connectivity index (χ1n) is 3.27. The average Bonchev–Trinajstić information content (AvgIpc) is 2.19. The molecule has 0 heterocycles. The Kier molecular flexibility index (Phi) is 2.64. The minimum absolute atomic E-state index is 0.868. The van der Waals surface area contributed by atoms with Crippen molar-refractivity contribution in [1.29, 1.82) is 0 Å². The van der Waals surface area contributed by atoms with Gasteiger partial charge in [-0.2, -0.15) is 0 Å². The van der Waals surface area contributed by atoms with Crippen LogP contribution in [0, 0.1) is 5.92 Å². The lowest BCUT2D eigenvalue weighted by Gasteiger charge is -2.03. The number of rotatable bonds is 2. The Bertz CT molecular complexity index is 59.5. The summed E-state index contributed by atoms with van der Waals surface area (Å²) in [6.07, 6.45) is 5.56. The molecular formula is C6H12ClN. The maximum atomic E-state index is 5.33. The van der Waals surface area contributed by atoms with E-state index < -0.39 is 0 Å². The zero-order valence-electron chi connectivity index (χ0n) is 4.99. The number of hydrogen-bond donors (Lipinski definition) is 1. The molecule has 0 saturated heterocycles. The first-order valence-corrected chi connectivity index (χ1v) is 3.65. The quantitative estimate of drug-likeness (QED) is 0.568. The fourth-order valence-electron chi connectivity index (χ4n) is 1.32. The largest absolute Gasteiger partial charge is 0.233 e. The summed E-state index contributed by atoms with van der Waals surface area (Å²) < 4.78 is 0. The molecule has 0 aromatic heterocycles. The molecule has 0 unspecified atom stereocenters. The molecule has 0 bridgehead atoms. The second-order valence-corrected chi connectivity index (χ2v) is 2.76. The minimum Gasteiger partial charge on any atom is -0.233 e. The Balaban J connectivity index is 2.06. The van der Waals surface area contributed by atoms with Crippen molar-refractivity contribution < 1.29 is 0 Å². The molecule has 8 heavy (non-hydrogen) atoms. The molecule has 1 fully saturated rings. The van der Waals surface area contributed by atoms with Gasteiger partial charge in [0.2, 0.25) is 0 Å². The van der Waals surface area contributed by atoms with Gasteiger partial charge in [0.15, 0.2) is 0 Å². The number of halogens is 1. The average molecular weight is 134 g/mol. The first-order chi connectivity index (χ1) is 3.93. The Hall–Kier alpha value is 0.250. The zero-order chi connectivity index (χ0) is 5.82. The molecule has 1 nitrogen and oxygen atoms in total. The monoisotopic (exact) mass is 133 g/mol. The van der Waals surface area contributed by atoms with Crippen molar-refractivity contribution in [2.75, 3.05) is 6.54 Å². The Morgan fingerprint density at radius 2 is 2.00 bits per heavy atom. The molecule has 0 aromatic carbocycles. The molecule has 2 heteroatoms. The predicted octanol–water partition coefficient (Wildman–Crippen LogP) is 1.92. The van der Waals surface area contributed by atoms with Gasteiger partial charge in [-0.3, -0.25) is 0 Å². The lowest BCUT2D eigenvalue weighted by Crippen LogP contribution is -2.10. The van der Waals surface area contributed by atoms with Crippen LogP contribution in [0.3, 0.4) is 0 Å². The van der Waals surface area contributed by atoms with Crippen molar-refractivity contribution in [2.45, 2.75) is 25.7 Å². The van der Waals surface area contributed by atoms with Gasteiger partial charge in [0, 0.05) is 6.54 Å². The summed E-state index contributed by atoms with van der Waals surface area (Å²) in [5.41, 5.74) is 0. The second-order valence-electron chi connectivity index (χ2n) is 2.49. The third kappa shape index (κ3) is 1.64. The van der Waals surface area contributed by atoms with Crippen LogP contribution in [0.15, 0.2) is 0 Å². The van der Waals surface area contributed by atoms with Gasteiger partial charge in [0.05, 0.1) is 0 Å². The van der Waals surface area contributed by atoms with E-state index in [0.717, 1.165) is 12.5 Å². The fraction of sp³-hybridized carbons (Fsp3) is 1.00. The summed E-state index contributed by atoms with van der Waals surface area (Å²) in [5, 5.41) is 0. The van der Waals surface area contributed by atoms with Gasteiger partial charge in [-0.05, 0) is 30.5 Å². The van der Waals surface area contributed by atoms with Gasteiger partial charge < -0.3 is 0 Å².